The fourth-order valence-corrected chi connectivity index (χ4v) is 6.29. The molecule has 0 bridgehead atoms. The van der Waals surface area contributed by atoms with Gasteiger partial charge in [-0.2, -0.15) is 0 Å². The van der Waals surface area contributed by atoms with E-state index in [1.165, 1.54) is 0 Å². The molecule has 2 saturated heterocycles. The van der Waals surface area contributed by atoms with Crippen LogP contribution in [0, 0.1) is 5.41 Å². The first-order valence-corrected chi connectivity index (χ1v) is 13.3. The Morgan fingerprint density at radius 2 is 2.00 bits per heavy atom. The minimum Gasteiger partial charge on any atom is -0.376 e. The predicted molar refractivity (Wildman–Crippen MR) is 140 cm³/mol. The lowest BCUT2D eigenvalue weighted by Gasteiger charge is -2.41. The van der Waals surface area contributed by atoms with Crippen LogP contribution in [-0.4, -0.2) is 69.3 Å². The van der Waals surface area contributed by atoms with Crippen LogP contribution in [-0.2, 0) is 11.3 Å². The summed E-state index contributed by atoms with van der Waals surface area (Å²) in [4.78, 5) is 38.0. The van der Waals surface area contributed by atoms with Gasteiger partial charge in [-0.3, -0.25) is 14.5 Å². The van der Waals surface area contributed by atoms with E-state index in [4.69, 9.17) is 30.4 Å². The molecule has 0 radical (unpaired) electrons. The van der Waals surface area contributed by atoms with Crippen molar-refractivity contribution in [1.82, 2.24) is 25.1 Å². The maximum atomic E-state index is 11.4. The summed E-state index contributed by atoms with van der Waals surface area (Å²) in [6, 6.07) is 3.93. The third-order valence-electron chi connectivity index (χ3n) is 8.74. The highest BCUT2D eigenvalue weighted by molar-refractivity contribution is 6.11. The van der Waals surface area contributed by atoms with Crippen LogP contribution in [0.25, 0.3) is 11.5 Å². The highest BCUT2D eigenvalue weighted by Gasteiger charge is 2.47. The lowest BCUT2D eigenvalue weighted by Crippen LogP contribution is -2.50. The molecule has 0 amide bonds. The van der Waals surface area contributed by atoms with Gasteiger partial charge in [-0.15, -0.1) is 0 Å². The van der Waals surface area contributed by atoms with Gasteiger partial charge in [-0.05, 0) is 38.3 Å². The standard InChI is InChI=1S/C26H31N9O3/c1-14-5-8-35(18-4-3-16(31-20(14)18)23-32-25(36)38-33-23)24-21-17(11-29-24)30-19(12-28-21)34-9-6-26(7-10-34)13-37-15(2)22(26)27/h3-4,12,14-15,22H,5-11,13,27H2,1-2H3,(H,32,33,36)/t14-,15-,22+/m0/s1. The Bertz CT molecular complexity index is 1470. The Balaban J connectivity index is 1.12. The molecule has 3 aromatic heterocycles. The number of hydrogen-bond donors (Lipinski definition) is 2. The Morgan fingerprint density at radius 1 is 1.16 bits per heavy atom. The summed E-state index contributed by atoms with van der Waals surface area (Å²) in [5, 5.41) is 3.78. The molecule has 0 saturated carbocycles. The molecule has 4 aliphatic heterocycles. The van der Waals surface area contributed by atoms with Gasteiger partial charge in [-0.1, -0.05) is 12.1 Å². The van der Waals surface area contributed by atoms with Gasteiger partial charge < -0.3 is 20.3 Å². The van der Waals surface area contributed by atoms with Gasteiger partial charge in [0, 0.05) is 37.0 Å². The third-order valence-corrected chi connectivity index (χ3v) is 8.74. The SMILES string of the molecule is C[C@@H]1OCC2(CCN(c3cnc4c(n3)CN=C4N3CC[C@H](C)c4nc(-c5noc(=O)[nH]5)ccc43)CC2)[C@@H]1N. The van der Waals surface area contributed by atoms with Crippen molar-refractivity contribution in [1.29, 1.82) is 0 Å². The number of anilines is 2. The molecular formula is C26H31N9O3. The van der Waals surface area contributed by atoms with Crippen molar-refractivity contribution in [3.8, 4) is 11.5 Å². The van der Waals surface area contributed by atoms with E-state index in [1.54, 1.807) is 0 Å². The van der Waals surface area contributed by atoms with Crippen LogP contribution in [0.3, 0.4) is 0 Å². The van der Waals surface area contributed by atoms with Gasteiger partial charge in [0.2, 0.25) is 5.82 Å². The molecule has 7 heterocycles. The summed E-state index contributed by atoms with van der Waals surface area (Å²) >= 11 is 0. The number of pyridine rings is 1. The Hall–Kier alpha value is -3.64. The Labute approximate surface area is 219 Å². The number of aromatic amines is 1. The Kier molecular flexibility index (Phi) is 5.38. The van der Waals surface area contributed by atoms with Crippen molar-refractivity contribution >= 4 is 17.3 Å². The second-order valence-corrected chi connectivity index (χ2v) is 10.9. The molecule has 0 aliphatic carbocycles. The van der Waals surface area contributed by atoms with E-state index in [0.717, 1.165) is 79.9 Å². The number of aliphatic imine (C=N–C) groups is 1. The van der Waals surface area contributed by atoms with Gasteiger partial charge >= 0.3 is 5.76 Å². The molecule has 3 N–H and O–H groups in total. The summed E-state index contributed by atoms with van der Waals surface area (Å²) in [5.41, 5.74) is 10.8. The molecule has 0 aromatic carbocycles. The first kappa shape index (κ1) is 23.5. The summed E-state index contributed by atoms with van der Waals surface area (Å²) in [7, 11) is 0. The smallest absolute Gasteiger partial charge is 0.376 e. The third kappa shape index (κ3) is 3.65. The molecule has 38 heavy (non-hydrogen) atoms. The number of nitrogens with one attached hydrogen (secondary N) is 1. The van der Waals surface area contributed by atoms with E-state index in [9.17, 15) is 4.79 Å². The quantitative estimate of drug-likeness (QED) is 0.515. The van der Waals surface area contributed by atoms with E-state index in [-0.39, 0.29) is 23.5 Å². The zero-order chi connectivity index (χ0) is 26.0. The molecule has 1 spiro atoms. The van der Waals surface area contributed by atoms with Crippen LogP contribution in [0.15, 0.2) is 32.6 Å². The van der Waals surface area contributed by atoms with Crippen LogP contribution in [0.2, 0.25) is 0 Å². The summed E-state index contributed by atoms with van der Waals surface area (Å²) in [6.45, 7) is 8.09. The van der Waals surface area contributed by atoms with Crippen molar-refractivity contribution in [2.24, 2.45) is 16.1 Å². The van der Waals surface area contributed by atoms with Gasteiger partial charge in [-0.25, -0.2) is 19.7 Å². The molecule has 4 aliphatic rings. The second-order valence-electron chi connectivity index (χ2n) is 10.9. The number of aromatic nitrogens is 5. The van der Waals surface area contributed by atoms with Crippen LogP contribution in [0.5, 0.6) is 0 Å². The lowest BCUT2D eigenvalue weighted by atomic mass is 9.73. The van der Waals surface area contributed by atoms with E-state index < -0.39 is 5.76 Å². The molecule has 198 valence electrons. The molecule has 12 heteroatoms. The van der Waals surface area contributed by atoms with Gasteiger partial charge in [0.15, 0.2) is 5.84 Å². The van der Waals surface area contributed by atoms with Gasteiger partial charge in [0.25, 0.3) is 0 Å². The van der Waals surface area contributed by atoms with Crippen molar-refractivity contribution in [3.63, 3.8) is 0 Å². The number of amidine groups is 1. The Morgan fingerprint density at radius 3 is 2.74 bits per heavy atom. The minimum absolute atomic E-state index is 0.0754. The van der Waals surface area contributed by atoms with Crippen molar-refractivity contribution < 1.29 is 9.26 Å². The fourth-order valence-electron chi connectivity index (χ4n) is 6.29. The van der Waals surface area contributed by atoms with E-state index in [2.05, 4.69) is 38.3 Å². The average molecular weight is 518 g/mol. The fraction of sp³-hybridized carbons (Fsp3) is 0.538. The predicted octanol–water partition coefficient (Wildman–Crippen LogP) is 1.82. The minimum atomic E-state index is -0.598. The number of nitrogens with two attached hydrogens (primary N) is 1. The average Bonchev–Trinajstić information content (AvgIpc) is 3.64. The largest absolute Gasteiger partial charge is 0.439 e. The molecule has 0 unspecified atom stereocenters. The zero-order valence-corrected chi connectivity index (χ0v) is 21.6. The number of ether oxygens (including phenoxy) is 1. The number of rotatable bonds is 2. The summed E-state index contributed by atoms with van der Waals surface area (Å²) in [5.74, 6) is 1.70. The van der Waals surface area contributed by atoms with E-state index >= 15 is 0 Å². The molecular weight excluding hydrogens is 486 g/mol. The van der Waals surface area contributed by atoms with Crippen LogP contribution in [0.1, 0.15) is 56.1 Å². The summed E-state index contributed by atoms with van der Waals surface area (Å²) < 4.78 is 10.5. The maximum Gasteiger partial charge on any atom is 0.439 e. The number of nitrogens with zero attached hydrogens (tertiary/aromatic N) is 7. The topological polar surface area (TPSA) is 152 Å². The second kappa shape index (κ2) is 8.70. The van der Waals surface area contributed by atoms with Crippen LogP contribution < -0.4 is 21.3 Å². The monoisotopic (exact) mass is 517 g/mol. The van der Waals surface area contributed by atoms with Crippen LogP contribution in [0.4, 0.5) is 11.5 Å². The molecule has 3 atom stereocenters. The molecule has 12 nitrogen and oxygen atoms in total. The van der Waals surface area contributed by atoms with Crippen molar-refractivity contribution in [2.45, 2.75) is 57.7 Å². The highest BCUT2D eigenvalue weighted by Crippen LogP contribution is 2.42. The maximum absolute atomic E-state index is 11.4. The molecule has 3 aromatic rings. The zero-order valence-electron chi connectivity index (χ0n) is 21.6. The summed E-state index contributed by atoms with van der Waals surface area (Å²) in [6.07, 6.45) is 4.91. The van der Waals surface area contributed by atoms with Gasteiger partial charge in [0.05, 0.1) is 42.5 Å². The number of fused-ring (bicyclic) bond motifs is 2. The first-order valence-electron chi connectivity index (χ1n) is 13.3. The van der Waals surface area contributed by atoms with Crippen molar-refractivity contribution in [3.05, 3.63) is 46.0 Å². The number of piperidine rings is 1. The molecule has 7 rings (SSSR count). The first-order chi connectivity index (χ1) is 18.4. The number of H-pyrrole nitrogens is 1. The van der Waals surface area contributed by atoms with Crippen LogP contribution >= 0.6 is 0 Å². The van der Waals surface area contributed by atoms with Crippen molar-refractivity contribution in [2.75, 3.05) is 36.0 Å². The lowest BCUT2D eigenvalue weighted by molar-refractivity contribution is 0.0974. The van der Waals surface area contributed by atoms with E-state index in [0.29, 0.717) is 18.1 Å². The normalized spacial score (nSPS) is 26.0. The molecule has 2 fully saturated rings. The van der Waals surface area contributed by atoms with E-state index in [1.807, 2.05) is 18.3 Å². The highest BCUT2D eigenvalue weighted by atomic mass is 16.5. The number of hydrogen-bond acceptors (Lipinski definition) is 11. The van der Waals surface area contributed by atoms with Gasteiger partial charge in [0.1, 0.15) is 17.2 Å².